The predicted octanol–water partition coefficient (Wildman–Crippen LogP) is 3.24. The van der Waals surface area contributed by atoms with Gasteiger partial charge in [0.1, 0.15) is 11.6 Å². The monoisotopic (exact) mass is 299 g/mol. The first kappa shape index (κ1) is 13.4. The summed E-state index contributed by atoms with van der Waals surface area (Å²) in [5, 5.41) is 9.04. The van der Waals surface area contributed by atoms with Gasteiger partial charge in [0.2, 0.25) is 5.91 Å². The van der Waals surface area contributed by atoms with Crippen LogP contribution in [0.25, 0.3) is 6.08 Å². The van der Waals surface area contributed by atoms with Crippen LogP contribution < -0.4 is 5.32 Å². The number of rotatable bonds is 5. The zero-order valence-corrected chi connectivity index (χ0v) is 11.9. The molecule has 3 rings (SSSR count). The van der Waals surface area contributed by atoms with Gasteiger partial charge in [-0.1, -0.05) is 6.07 Å². The fourth-order valence-electron chi connectivity index (χ4n) is 1.83. The first-order chi connectivity index (χ1) is 10.3. The van der Waals surface area contributed by atoms with Crippen LogP contribution in [-0.2, 0) is 11.3 Å². The van der Waals surface area contributed by atoms with Crippen LogP contribution in [0.2, 0.25) is 0 Å². The van der Waals surface area contributed by atoms with Gasteiger partial charge in [-0.2, -0.15) is 5.10 Å². The largest absolute Gasteiger partial charge is 0.465 e. The second kappa shape index (κ2) is 6.23. The fourth-order valence-corrected chi connectivity index (χ4v) is 2.51. The van der Waals surface area contributed by atoms with Gasteiger partial charge in [0, 0.05) is 17.0 Å². The molecule has 0 aliphatic carbocycles. The number of aromatic nitrogens is 2. The van der Waals surface area contributed by atoms with Crippen LogP contribution in [0.1, 0.15) is 10.6 Å². The summed E-state index contributed by atoms with van der Waals surface area (Å²) in [5.41, 5.74) is 0. The van der Waals surface area contributed by atoms with Gasteiger partial charge >= 0.3 is 0 Å². The van der Waals surface area contributed by atoms with Gasteiger partial charge in [0.25, 0.3) is 0 Å². The van der Waals surface area contributed by atoms with E-state index in [1.807, 2.05) is 17.5 Å². The normalized spacial score (nSPS) is 11.0. The molecule has 3 heterocycles. The number of nitrogens with one attached hydrogen (secondary N) is 1. The Hall–Kier alpha value is -2.60. The summed E-state index contributed by atoms with van der Waals surface area (Å²) in [7, 11) is 0. The van der Waals surface area contributed by atoms with E-state index in [0.29, 0.717) is 18.1 Å². The number of hydrogen-bond donors (Lipinski definition) is 1. The van der Waals surface area contributed by atoms with Crippen LogP contribution >= 0.6 is 11.3 Å². The maximum absolute atomic E-state index is 11.9. The molecule has 0 radical (unpaired) electrons. The lowest BCUT2D eigenvalue weighted by atomic mass is 10.4. The number of furan rings is 1. The molecule has 3 aromatic rings. The zero-order chi connectivity index (χ0) is 14.5. The van der Waals surface area contributed by atoms with E-state index in [2.05, 4.69) is 10.4 Å². The molecule has 0 fully saturated rings. The average molecular weight is 299 g/mol. The van der Waals surface area contributed by atoms with E-state index in [1.165, 1.54) is 11.0 Å². The maximum Gasteiger partial charge on any atom is 0.249 e. The van der Waals surface area contributed by atoms with Crippen molar-refractivity contribution >= 4 is 29.1 Å². The van der Waals surface area contributed by atoms with Crippen LogP contribution in [0.5, 0.6) is 0 Å². The molecule has 6 heteroatoms. The van der Waals surface area contributed by atoms with Crippen LogP contribution in [0.15, 0.2) is 58.7 Å². The average Bonchev–Trinajstić information content (AvgIpc) is 3.20. The highest BCUT2D eigenvalue weighted by molar-refractivity contribution is 7.09. The van der Waals surface area contributed by atoms with Crippen molar-refractivity contribution in [1.29, 1.82) is 0 Å². The lowest BCUT2D eigenvalue weighted by molar-refractivity contribution is -0.111. The molecule has 0 saturated heterocycles. The molecule has 0 atom stereocenters. The molecule has 1 N–H and O–H groups in total. The van der Waals surface area contributed by atoms with Gasteiger partial charge in [-0.15, -0.1) is 11.3 Å². The number of hydrogen-bond acceptors (Lipinski definition) is 4. The lowest BCUT2D eigenvalue weighted by Gasteiger charge is -2.06. The Kier molecular flexibility index (Phi) is 3.97. The number of nitrogens with zero attached hydrogens (tertiary/aromatic N) is 2. The second-order valence-corrected chi connectivity index (χ2v) is 5.32. The van der Waals surface area contributed by atoms with Crippen LogP contribution in [0, 0.1) is 0 Å². The van der Waals surface area contributed by atoms with E-state index in [-0.39, 0.29) is 5.91 Å². The van der Waals surface area contributed by atoms with Crippen LogP contribution in [0.3, 0.4) is 0 Å². The van der Waals surface area contributed by atoms with E-state index in [1.54, 1.807) is 52.8 Å². The minimum atomic E-state index is -0.223. The second-order valence-electron chi connectivity index (χ2n) is 4.29. The number of carbonyl (C=O) groups excluding carboxylic acids is 1. The van der Waals surface area contributed by atoms with Crippen molar-refractivity contribution in [3.05, 3.63) is 64.9 Å². The number of thiophene rings is 1. The van der Waals surface area contributed by atoms with E-state index >= 15 is 0 Å². The van der Waals surface area contributed by atoms with Crippen LogP contribution in [0.4, 0.5) is 5.82 Å². The molecular formula is C15H13N3O2S. The zero-order valence-electron chi connectivity index (χ0n) is 11.1. The molecule has 0 unspecified atom stereocenters. The van der Waals surface area contributed by atoms with Gasteiger partial charge in [-0.25, -0.2) is 4.68 Å². The molecule has 106 valence electrons. The third kappa shape index (κ3) is 3.49. The molecule has 0 aromatic carbocycles. The molecule has 0 bridgehead atoms. The van der Waals surface area contributed by atoms with Crippen molar-refractivity contribution in [2.45, 2.75) is 6.54 Å². The molecule has 0 spiro atoms. The standard InChI is InChI=1S/C15H13N3O2S/c19-15(6-5-12-3-1-9-20-12)17-14-7-8-16-18(14)11-13-4-2-10-21-13/h1-10H,11H2,(H,17,19). The van der Waals surface area contributed by atoms with Crippen molar-refractivity contribution < 1.29 is 9.21 Å². The molecule has 5 nitrogen and oxygen atoms in total. The Labute approximate surface area is 125 Å². The number of carbonyl (C=O) groups is 1. The molecular weight excluding hydrogens is 286 g/mol. The minimum Gasteiger partial charge on any atom is -0.465 e. The van der Waals surface area contributed by atoms with Crippen molar-refractivity contribution in [3.63, 3.8) is 0 Å². The highest BCUT2D eigenvalue weighted by atomic mass is 32.1. The molecule has 0 aliphatic heterocycles. The van der Waals surface area contributed by atoms with Crippen molar-refractivity contribution in [3.8, 4) is 0 Å². The Morgan fingerprint density at radius 1 is 1.38 bits per heavy atom. The number of anilines is 1. The van der Waals surface area contributed by atoms with Crippen molar-refractivity contribution in [2.24, 2.45) is 0 Å². The topological polar surface area (TPSA) is 60.1 Å². The molecule has 3 aromatic heterocycles. The van der Waals surface area contributed by atoms with Gasteiger partial charge in [-0.05, 0) is 29.7 Å². The van der Waals surface area contributed by atoms with Gasteiger partial charge in [-0.3, -0.25) is 4.79 Å². The minimum absolute atomic E-state index is 0.223. The highest BCUT2D eigenvalue weighted by Crippen LogP contribution is 2.14. The molecule has 0 saturated carbocycles. The third-order valence-corrected chi connectivity index (χ3v) is 3.66. The Morgan fingerprint density at radius 3 is 3.10 bits per heavy atom. The van der Waals surface area contributed by atoms with E-state index < -0.39 is 0 Å². The van der Waals surface area contributed by atoms with Gasteiger partial charge in [0.15, 0.2) is 0 Å². The first-order valence-corrected chi connectivity index (χ1v) is 7.26. The van der Waals surface area contributed by atoms with Crippen molar-refractivity contribution in [2.75, 3.05) is 5.32 Å². The fraction of sp³-hybridized carbons (Fsp3) is 0.0667. The highest BCUT2D eigenvalue weighted by Gasteiger charge is 2.06. The predicted molar refractivity (Wildman–Crippen MR) is 82.0 cm³/mol. The summed E-state index contributed by atoms with van der Waals surface area (Å²) in [6.45, 7) is 0.641. The summed E-state index contributed by atoms with van der Waals surface area (Å²) in [5.74, 6) is 1.08. The Balaban J connectivity index is 1.65. The Bertz CT molecular complexity index is 727. The van der Waals surface area contributed by atoms with Gasteiger partial charge < -0.3 is 9.73 Å². The molecule has 21 heavy (non-hydrogen) atoms. The van der Waals surface area contributed by atoms with E-state index in [9.17, 15) is 4.79 Å². The summed E-state index contributed by atoms with van der Waals surface area (Å²) < 4.78 is 6.88. The molecule has 0 aliphatic rings. The summed E-state index contributed by atoms with van der Waals surface area (Å²) in [6, 6.07) is 9.35. The first-order valence-electron chi connectivity index (χ1n) is 6.38. The molecule has 1 amide bonds. The van der Waals surface area contributed by atoms with Gasteiger partial charge in [0.05, 0.1) is 19.0 Å². The summed E-state index contributed by atoms with van der Waals surface area (Å²) in [4.78, 5) is 13.1. The third-order valence-electron chi connectivity index (χ3n) is 2.80. The summed E-state index contributed by atoms with van der Waals surface area (Å²) in [6.07, 6.45) is 6.28. The SMILES string of the molecule is O=C(C=Cc1ccco1)Nc1ccnn1Cc1cccs1. The quantitative estimate of drug-likeness (QED) is 0.736. The lowest BCUT2D eigenvalue weighted by Crippen LogP contribution is -2.13. The van der Waals surface area contributed by atoms with E-state index in [4.69, 9.17) is 4.42 Å². The smallest absolute Gasteiger partial charge is 0.249 e. The number of amides is 1. The van der Waals surface area contributed by atoms with Crippen LogP contribution in [-0.4, -0.2) is 15.7 Å². The van der Waals surface area contributed by atoms with Crippen molar-refractivity contribution in [1.82, 2.24) is 9.78 Å². The maximum atomic E-state index is 11.9. The Morgan fingerprint density at radius 2 is 2.33 bits per heavy atom. The summed E-state index contributed by atoms with van der Waals surface area (Å²) >= 11 is 1.66. The van der Waals surface area contributed by atoms with E-state index in [0.717, 1.165) is 0 Å².